The van der Waals surface area contributed by atoms with E-state index in [-0.39, 0.29) is 22.6 Å². The number of rotatable bonds is 6. The van der Waals surface area contributed by atoms with Crippen molar-refractivity contribution >= 4 is 33.6 Å². The molecule has 27 heavy (non-hydrogen) atoms. The minimum Gasteiger partial charge on any atom is -0.478 e. The van der Waals surface area contributed by atoms with Gasteiger partial charge in [-0.2, -0.15) is 0 Å². The minimum atomic E-state index is -3.48. The lowest BCUT2D eigenvalue weighted by molar-refractivity contribution is -0.132. The normalized spacial score (nSPS) is 15.5. The number of carbonyl (C=O) groups is 1. The Morgan fingerprint density at radius 2 is 1.81 bits per heavy atom. The Balaban J connectivity index is 1.95. The van der Waals surface area contributed by atoms with E-state index < -0.39 is 15.8 Å². The second kappa shape index (κ2) is 8.31. The number of sulfone groups is 1. The number of carboxylic acid groups (broad SMARTS) is 1. The number of hydrogen-bond acceptors (Lipinski definition) is 4. The van der Waals surface area contributed by atoms with Gasteiger partial charge in [-0.25, -0.2) is 13.2 Å². The van der Waals surface area contributed by atoms with Crippen molar-refractivity contribution in [3.63, 3.8) is 0 Å². The van der Waals surface area contributed by atoms with E-state index in [9.17, 15) is 18.3 Å². The second-order valence-corrected chi connectivity index (χ2v) is 9.77. The van der Waals surface area contributed by atoms with Crippen LogP contribution in [0.25, 0.3) is 17.2 Å². The van der Waals surface area contributed by atoms with E-state index in [2.05, 4.69) is 19.1 Å². The molecule has 0 aliphatic carbocycles. The highest BCUT2D eigenvalue weighted by Crippen LogP contribution is 2.31. The Kier molecular flexibility index (Phi) is 6.07. The van der Waals surface area contributed by atoms with E-state index >= 15 is 0 Å². The van der Waals surface area contributed by atoms with Gasteiger partial charge in [-0.1, -0.05) is 31.5 Å². The molecule has 0 unspecified atom stereocenters. The van der Waals surface area contributed by atoms with Crippen molar-refractivity contribution in [2.75, 3.05) is 11.5 Å². The topological polar surface area (TPSA) is 71.4 Å². The van der Waals surface area contributed by atoms with Gasteiger partial charge in [0.25, 0.3) is 0 Å². The lowest BCUT2D eigenvalue weighted by Gasteiger charge is -2.09. The molecule has 0 saturated heterocycles. The van der Waals surface area contributed by atoms with Gasteiger partial charge < -0.3 is 5.11 Å². The van der Waals surface area contributed by atoms with Crippen molar-refractivity contribution < 1.29 is 18.3 Å². The van der Waals surface area contributed by atoms with Crippen molar-refractivity contribution in [1.82, 2.24) is 0 Å². The molecule has 0 fully saturated rings. The zero-order valence-corrected chi connectivity index (χ0v) is 16.8. The van der Waals surface area contributed by atoms with Crippen LogP contribution in [-0.4, -0.2) is 31.0 Å². The summed E-state index contributed by atoms with van der Waals surface area (Å²) in [6, 6.07) is 13.3. The lowest BCUT2D eigenvalue weighted by Crippen LogP contribution is -2.08. The maximum absolute atomic E-state index is 12.4. The third-order valence-electron chi connectivity index (χ3n) is 4.54. The molecule has 6 heteroatoms. The monoisotopic (exact) mass is 402 g/mol. The zero-order valence-electron chi connectivity index (χ0n) is 15.1. The summed E-state index contributed by atoms with van der Waals surface area (Å²) in [6.07, 6.45) is 3.87. The van der Waals surface area contributed by atoms with Gasteiger partial charge >= 0.3 is 5.97 Å². The number of fused-ring (bicyclic) bond motifs is 1. The summed E-state index contributed by atoms with van der Waals surface area (Å²) in [4.78, 5) is 12.8. The second-order valence-electron chi connectivity index (χ2n) is 6.52. The van der Waals surface area contributed by atoms with Gasteiger partial charge in [0, 0.05) is 10.5 Å². The number of unbranched alkanes of at least 4 members (excludes halogenated alkanes) is 1. The summed E-state index contributed by atoms with van der Waals surface area (Å²) in [7, 11) is -3.48. The number of hydrogen-bond donors (Lipinski definition) is 1. The molecule has 0 aromatic heterocycles. The van der Waals surface area contributed by atoms with E-state index in [1.807, 2.05) is 23.9 Å². The molecule has 0 radical (unpaired) electrons. The lowest BCUT2D eigenvalue weighted by atomic mass is 10.0. The van der Waals surface area contributed by atoms with Gasteiger partial charge in [0.15, 0.2) is 9.84 Å². The van der Waals surface area contributed by atoms with E-state index in [1.165, 1.54) is 23.8 Å². The molecule has 0 saturated carbocycles. The van der Waals surface area contributed by atoms with Gasteiger partial charge in [0.2, 0.25) is 0 Å². The molecule has 1 aliphatic heterocycles. The summed E-state index contributed by atoms with van der Waals surface area (Å²) in [6.45, 7) is 2.17. The molecule has 2 aromatic carbocycles. The molecule has 0 amide bonds. The third-order valence-corrected chi connectivity index (χ3v) is 7.43. The Labute approximate surface area is 164 Å². The van der Waals surface area contributed by atoms with Gasteiger partial charge in [0.1, 0.15) is 0 Å². The summed E-state index contributed by atoms with van der Waals surface area (Å²) in [5.41, 5.74) is 2.42. The number of thioether (sulfide) groups is 1. The summed E-state index contributed by atoms with van der Waals surface area (Å²) in [5.74, 6) is -0.159. The molecule has 2 aromatic rings. The fraction of sp³-hybridized carbons (Fsp3) is 0.286. The van der Waals surface area contributed by atoms with E-state index in [0.717, 1.165) is 16.9 Å². The number of benzene rings is 2. The van der Waals surface area contributed by atoms with Crippen LogP contribution in [0, 0.1) is 0 Å². The number of aliphatic carboxylic acids is 1. The van der Waals surface area contributed by atoms with Crippen LogP contribution in [0.2, 0.25) is 0 Å². The molecule has 4 nitrogen and oxygen atoms in total. The summed E-state index contributed by atoms with van der Waals surface area (Å²) in [5, 5.41) is 9.30. The third kappa shape index (κ3) is 4.62. The predicted molar refractivity (Wildman–Crippen MR) is 110 cm³/mol. The van der Waals surface area contributed by atoms with Crippen LogP contribution in [0.15, 0.2) is 57.8 Å². The Morgan fingerprint density at radius 3 is 2.48 bits per heavy atom. The van der Waals surface area contributed by atoms with Crippen molar-refractivity contribution in [2.24, 2.45) is 0 Å². The molecule has 0 atom stereocenters. The summed E-state index contributed by atoms with van der Waals surface area (Å²) >= 11 is 1.82. The molecule has 0 spiro atoms. The van der Waals surface area contributed by atoms with Crippen LogP contribution in [-0.2, 0) is 14.6 Å². The van der Waals surface area contributed by atoms with Crippen molar-refractivity contribution in [1.29, 1.82) is 0 Å². The molecule has 3 rings (SSSR count). The molecule has 1 heterocycles. The van der Waals surface area contributed by atoms with Gasteiger partial charge in [-0.05, 0) is 65.6 Å². The Morgan fingerprint density at radius 1 is 1.11 bits per heavy atom. The SMILES string of the molecule is CCCCSc1ccc(-c2ccc3c(c2)C=C(C(=O)O)CCS3(=O)=O)cc1. The average Bonchev–Trinajstić information content (AvgIpc) is 2.78. The van der Waals surface area contributed by atoms with E-state index in [1.54, 1.807) is 18.2 Å². The highest BCUT2D eigenvalue weighted by atomic mass is 32.2. The Hall–Kier alpha value is -2.05. The van der Waals surface area contributed by atoms with E-state index in [0.29, 0.717) is 5.56 Å². The largest absolute Gasteiger partial charge is 0.478 e. The first kappa shape index (κ1) is 19.7. The Bertz CT molecular complexity index is 974. The minimum absolute atomic E-state index is 0.0192. The first-order valence-electron chi connectivity index (χ1n) is 8.94. The first-order valence-corrected chi connectivity index (χ1v) is 11.6. The highest BCUT2D eigenvalue weighted by molar-refractivity contribution is 7.99. The number of carboxylic acids is 1. The smallest absolute Gasteiger partial charge is 0.331 e. The van der Waals surface area contributed by atoms with Gasteiger partial charge in [-0.15, -0.1) is 11.8 Å². The van der Waals surface area contributed by atoms with E-state index in [4.69, 9.17) is 0 Å². The van der Waals surface area contributed by atoms with Gasteiger partial charge in [0.05, 0.1) is 10.6 Å². The van der Waals surface area contributed by atoms with Crippen LogP contribution < -0.4 is 0 Å². The highest BCUT2D eigenvalue weighted by Gasteiger charge is 2.24. The van der Waals surface area contributed by atoms with Crippen LogP contribution >= 0.6 is 11.8 Å². The molecule has 1 aliphatic rings. The van der Waals surface area contributed by atoms with Crippen molar-refractivity contribution in [3.05, 3.63) is 53.6 Å². The predicted octanol–water partition coefficient (Wildman–Crippen LogP) is 4.89. The molecule has 1 N–H and O–H groups in total. The maximum Gasteiger partial charge on any atom is 0.331 e. The van der Waals surface area contributed by atoms with Crippen molar-refractivity contribution in [3.8, 4) is 11.1 Å². The zero-order chi connectivity index (χ0) is 19.4. The average molecular weight is 403 g/mol. The van der Waals surface area contributed by atoms with Crippen molar-refractivity contribution in [2.45, 2.75) is 36.0 Å². The molecular formula is C21H22O4S2. The van der Waals surface area contributed by atoms with Crippen LogP contribution in [0.3, 0.4) is 0 Å². The van der Waals surface area contributed by atoms with Gasteiger partial charge in [-0.3, -0.25) is 0 Å². The van der Waals surface area contributed by atoms with Crippen LogP contribution in [0.5, 0.6) is 0 Å². The first-order chi connectivity index (χ1) is 12.9. The molecule has 0 bridgehead atoms. The summed E-state index contributed by atoms with van der Waals surface area (Å²) < 4.78 is 24.9. The maximum atomic E-state index is 12.4. The fourth-order valence-electron chi connectivity index (χ4n) is 2.98. The van der Waals surface area contributed by atoms with Crippen LogP contribution in [0.1, 0.15) is 31.7 Å². The van der Waals surface area contributed by atoms with Crippen LogP contribution in [0.4, 0.5) is 0 Å². The standard InChI is InChI=1S/C21H22O4S2/c1-2-3-11-26-19-7-4-15(5-8-19)16-6-9-20-18(13-16)14-17(21(22)23)10-12-27(20,24)25/h4-9,13-14H,2-3,10-12H2,1H3,(H,22,23). The quantitative estimate of drug-likeness (QED) is 0.550. The molecule has 142 valence electrons. The molecular weight excluding hydrogens is 380 g/mol. The fourth-order valence-corrected chi connectivity index (χ4v) is 5.44.